The van der Waals surface area contributed by atoms with Crippen LogP contribution in [0.5, 0.6) is 5.75 Å². The van der Waals surface area contributed by atoms with Gasteiger partial charge in [0.05, 0.1) is 12.6 Å². The molecule has 24 heavy (non-hydrogen) atoms. The van der Waals surface area contributed by atoms with Gasteiger partial charge in [-0.2, -0.15) is 0 Å². The predicted molar refractivity (Wildman–Crippen MR) is 106 cm³/mol. The Hall–Kier alpha value is -1.49. The Morgan fingerprint density at radius 2 is 2.25 bits per heavy atom. The summed E-state index contributed by atoms with van der Waals surface area (Å²) in [4.78, 5) is 4.23. The lowest BCUT2D eigenvalue weighted by molar-refractivity contribution is 0.285. The number of terminal acetylenes is 1. The zero-order chi connectivity index (χ0) is 16.7. The number of nitrogens with zero attached hydrogens (tertiary/aromatic N) is 1. The number of rotatable bonds is 7. The summed E-state index contributed by atoms with van der Waals surface area (Å²) in [6.07, 6.45) is 7.60. The molecule has 2 N–H and O–H groups in total. The third kappa shape index (κ3) is 6.56. The van der Waals surface area contributed by atoms with Crippen LogP contribution in [0.15, 0.2) is 23.2 Å². The summed E-state index contributed by atoms with van der Waals surface area (Å²) in [7, 11) is 0. The molecule has 0 aromatic heterocycles. The topological polar surface area (TPSA) is 45.7 Å². The summed E-state index contributed by atoms with van der Waals surface area (Å²) in [5.41, 5.74) is 0.826. The van der Waals surface area contributed by atoms with Gasteiger partial charge in [0.2, 0.25) is 0 Å². The van der Waals surface area contributed by atoms with Crippen LogP contribution in [-0.4, -0.2) is 25.7 Å². The Morgan fingerprint density at radius 3 is 2.83 bits per heavy atom. The zero-order valence-corrected chi connectivity index (χ0v) is 16.5. The van der Waals surface area contributed by atoms with Crippen molar-refractivity contribution in [1.82, 2.24) is 10.6 Å². The molecule has 1 aliphatic carbocycles. The van der Waals surface area contributed by atoms with Crippen LogP contribution in [0.3, 0.4) is 0 Å². The van der Waals surface area contributed by atoms with Crippen LogP contribution in [0, 0.1) is 24.1 Å². The van der Waals surface area contributed by atoms with E-state index in [1.807, 2.05) is 19.9 Å². The minimum Gasteiger partial charge on any atom is -0.490 e. The van der Waals surface area contributed by atoms with Gasteiger partial charge < -0.3 is 15.4 Å². The van der Waals surface area contributed by atoms with Crippen molar-refractivity contribution in [3.8, 4) is 18.1 Å². The first-order chi connectivity index (χ1) is 11.1. The SMILES string of the molecule is C#CCN=C(NCC)NC(C)c1ccc(OCC2CC2)c(F)c1.I. The van der Waals surface area contributed by atoms with Gasteiger partial charge in [-0.15, -0.1) is 30.4 Å². The molecule has 0 amide bonds. The quantitative estimate of drug-likeness (QED) is 0.293. The summed E-state index contributed by atoms with van der Waals surface area (Å²) in [5.74, 6) is 3.68. The van der Waals surface area contributed by atoms with Crippen molar-refractivity contribution in [2.75, 3.05) is 19.7 Å². The van der Waals surface area contributed by atoms with Gasteiger partial charge in [-0.25, -0.2) is 9.38 Å². The molecule has 0 radical (unpaired) electrons. The first-order valence-electron chi connectivity index (χ1n) is 8.04. The second-order valence-corrected chi connectivity index (χ2v) is 5.71. The van der Waals surface area contributed by atoms with Gasteiger partial charge in [-0.05, 0) is 50.3 Å². The molecule has 2 rings (SSSR count). The van der Waals surface area contributed by atoms with Crippen LogP contribution in [0.25, 0.3) is 0 Å². The van der Waals surface area contributed by atoms with E-state index in [4.69, 9.17) is 11.2 Å². The highest BCUT2D eigenvalue weighted by atomic mass is 127. The van der Waals surface area contributed by atoms with Gasteiger partial charge in [-0.1, -0.05) is 12.0 Å². The lowest BCUT2D eigenvalue weighted by Gasteiger charge is -2.18. The molecule has 6 heteroatoms. The summed E-state index contributed by atoms with van der Waals surface area (Å²) in [5, 5.41) is 6.32. The van der Waals surface area contributed by atoms with Crippen LogP contribution in [0.4, 0.5) is 4.39 Å². The first-order valence-corrected chi connectivity index (χ1v) is 8.04. The molecule has 0 spiro atoms. The molecule has 0 saturated heterocycles. The van der Waals surface area contributed by atoms with Crippen molar-refractivity contribution in [1.29, 1.82) is 0 Å². The largest absolute Gasteiger partial charge is 0.490 e. The minimum atomic E-state index is -0.331. The summed E-state index contributed by atoms with van der Waals surface area (Å²) < 4.78 is 19.7. The maximum atomic E-state index is 14.1. The number of nitrogens with one attached hydrogen (secondary N) is 2. The van der Waals surface area contributed by atoms with Gasteiger partial charge >= 0.3 is 0 Å². The van der Waals surface area contributed by atoms with E-state index in [-0.39, 0.29) is 35.8 Å². The fraction of sp³-hybridized carbons (Fsp3) is 0.500. The molecular weight excluding hydrogens is 420 g/mol. The van der Waals surface area contributed by atoms with Crippen molar-refractivity contribution < 1.29 is 9.13 Å². The molecule has 1 aromatic carbocycles. The highest BCUT2D eigenvalue weighted by Gasteiger charge is 2.22. The Bertz CT molecular complexity index is 596. The Labute approximate surface area is 160 Å². The van der Waals surface area contributed by atoms with Crippen molar-refractivity contribution >= 4 is 29.9 Å². The molecular formula is C18H25FIN3O. The molecule has 1 aliphatic rings. The van der Waals surface area contributed by atoms with Gasteiger partial charge in [0, 0.05) is 6.54 Å². The van der Waals surface area contributed by atoms with E-state index >= 15 is 0 Å². The van der Waals surface area contributed by atoms with Crippen LogP contribution in [0.2, 0.25) is 0 Å². The smallest absolute Gasteiger partial charge is 0.192 e. The molecule has 0 heterocycles. The number of halogens is 2. The Kier molecular flexibility index (Phi) is 8.90. The van der Waals surface area contributed by atoms with Crippen molar-refractivity contribution in [3.05, 3.63) is 29.6 Å². The average Bonchev–Trinajstić information content (AvgIpc) is 3.35. The number of hydrogen-bond acceptors (Lipinski definition) is 2. The van der Waals surface area contributed by atoms with Crippen LogP contribution >= 0.6 is 24.0 Å². The number of guanidine groups is 1. The zero-order valence-electron chi connectivity index (χ0n) is 14.1. The maximum Gasteiger partial charge on any atom is 0.192 e. The molecule has 4 nitrogen and oxygen atoms in total. The molecule has 0 aliphatic heterocycles. The first kappa shape index (κ1) is 20.6. The van der Waals surface area contributed by atoms with Gasteiger partial charge in [0.1, 0.15) is 6.54 Å². The normalized spacial score (nSPS) is 15.0. The van der Waals surface area contributed by atoms with Crippen LogP contribution < -0.4 is 15.4 Å². The lowest BCUT2D eigenvalue weighted by Crippen LogP contribution is -2.38. The van der Waals surface area contributed by atoms with Crippen molar-refractivity contribution in [2.45, 2.75) is 32.7 Å². The van der Waals surface area contributed by atoms with Crippen molar-refractivity contribution in [3.63, 3.8) is 0 Å². The van der Waals surface area contributed by atoms with E-state index in [2.05, 4.69) is 21.5 Å². The average molecular weight is 445 g/mol. The minimum absolute atomic E-state index is 0. The molecule has 0 bridgehead atoms. The molecule has 1 unspecified atom stereocenters. The van der Waals surface area contributed by atoms with E-state index < -0.39 is 0 Å². The van der Waals surface area contributed by atoms with Gasteiger partial charge in [0.15, 0.2) is 17.5 Å². The van der Waals surface area contributed by atoms with E-state index in [0.29, 0.717) is 30.8 Å². The lowest BCUT2D eigenvalue weighted by atomic mass is 10.1. The third-order valence-electron chi connectivity index (χ3n) is 3.65. The standard InChI is InChI=1S/C18H24FN3O.HI/c1-4-10-21-18(20-5-2)22-13(3)15-8-9-17(16(19)11-15)23-12-14-6-7-14;/h1,8-9,11,13-14H,5-7,10,12H2,2-3H3,(H2,20,21,22);1H. The second kappa shape index (κ2) is 10.4. The molecule has 1 atom stereocenters. The second-order valence-electron chi connectivity index (χ2n) is 5.71. The highest BCUT2D eigenvalue weighted by molar-refractivity contribution is 14.0. The highest BCUT2D eigenvalue weighted by Crippen LogP contribution is 2.30. The van der Waals surface area contributed by atoms with Crippen molar-refractivity contribution in [2.24, 2.45) is 10.9 Å². The summed E-state index contributed by atoms with van der Waals surface area (Å²) >= 11 is 0. The number of ether oxygens (including phenoxy) is 1. The summed E-state index contributed by atoms with van der Waals surface area (Å²) in [6.45, 7) is 5.55. The van der Waals surface area contributed by atoms with E-state index in [1.54, 1.807) is 6.07 Å². The number of benzene rings is 1. The fourth-order valence-corrected chi connectivity index (χ4v) is 2.13. The Balaban J connectivity index is 0.00000288. The van der Waals surface area contributed by atoms with E-state index in [1.165, 1.54) is 18.9 Å². The molecule has 1 aromatic rings. The third-order valence-corrected chi connectivity index (χ3v) is 3.65. The van der Waals surface area contributed by atoms with E-state index in [9.17, 15) is 4.39 Å². The van der Waals surface area contributed by atoms with Gasteiger partial charge in [0.25, 0.3) is 0 Å². The van der Waals surface area contributed by atoms with E-state index in [0.717, 1.165) is 12.1 Å². The van der Waals surface area contributed by atoms with Gasteiger partial charge in [-0.3, -0.25) is 0 Å². The molecule has 1 fully saturated rings. The maximum absolute atomic E-state index is 14.1. The number of hydrogen-bond donors (Lipinski definition) is 2. The summed E-state index contributed by atoms with van der Waals surface area (Å²) in [6, 6.07) is 4.97. The fourth-order valence-electron chi connectivity index (χ4n) is 2.13. The predicted octanol–water partition coefficient (Wildman–Crippen LogP) is 3.48. The Morgan fingerprint density at radius 1 is 1.50 bits per heavy atom. The number of aliphatic imine (C=N–C) groups is 1. The molecule has 132 valence electrons. The molecule has 1 saturated carbocycles. The van der Waals surface area contributed by atoms with Crippen LogP contribution in [-0.2, 0) is 0 Å². The monoisotopic (exact) mass is 445 g/mol. The van der Waals surface area contributed by atoms with Crippen LogP contribution in [0.1, 0.15) is 38.3 Å².